The Hall–Kier alpha value is -2.27. The van der Waals surface area contributed by atoms with E-state index in [1.165, 1.54) is 0 Å². The molecule has 0 fully saturated rings. The van der Waals surface area contributed by atoms with Crippen LogP contribution in [-0.2, 0) is 13.1 Å². The summed E-state index contributed by atoms with van der Waals surface area (Å²) in [6.45, 7) is 4.59. The monoisotopic (exact) mass is 270 g/mol. The maximum atomic E-state index is 12.1. The molecule has 104 valence electrons. The van der Waals surface area contributed by atoms with Crippen LogP contribution < -0.4 is 11.1 Å². The van der Waals surface area contributed by atoms with Crippen molar-refractivity contribution in [2.45, 2.75) is 26.9 Å². The van der Waals surface area contributed by atoms with E-state index in [-0.39, 0.29) is 5.91 Å². The highest BCUT2D eigenvalue weighted by Gasteiger charge is 2.10. The second-order valence-corrected chi connectivity index (χ2v) is 4.69. The standard InChI is InChI=1S/C15H18N4O/c1-10-7-14(11(2)19-18-10)15(20)17-9-13-5-3-12(8-16)4-6-13/h3-7H,8-9,16H2,1-2H3,(H,17,20). The van der Waals surface area contributed by atoms with Crippen molar-refractivity contribution in [2.75, 3.05) is 0 Å². The molecule has 1 amide bonds. The van der Waals surface area contributed by atoms with Gasteiger partial charge in [-0.05, 0) is 31.0 Å². The first-order valence-electron chi connectivity index (χ1n) is 6.47. The molecule has 2 rings (SSSR count). The van der Waals surface area contributed by atoms with E-state index in [1.54, 1.807) is 13.0 Å². The van der Waals surface area contributed by atoms with Crippen LogP contribution in [-0.4, -0.2) is 16.1 Å². The average molecular weight is 270 g/mol. The SMILES string of the molecule is Cc1cc(C(=O)NCc2ccc(CN)cc2)c(C)nn1. The smallest absolute Gasteiger partial charge is 0.253 e. The highest BCUT2D eigenvalue weighted by molar-refractivity contribution is 5.95. The molecule has 1 aromatic carbocycles. The van der Waals surface area contributed by atoms with Gasteiger partial charge in [-0.3, -0.25) is 4.79 Å². The second-order valence-electron chi connectivity index (χ2n) is 4.69. The Kier molecular flexibility index (Phi) is 4.42. The molecule has 3 N–H and O–H groups in total. The van der Waals surface area contributed by atoms with Crippen LogP contribution in [0.15, 0.2) is 30.3 Å². The lowest BCUT2D eigenvalue weighted by atomic mass is 10.1. The Morgan fingerprint density at radius 3 is 2.45 bits per heavy atom. The minimum absolute atomic E-state index is 0.136. The van der Waals surface area contributed by atoms with Gasteiger partial charge in [-0.15, -0.1) is 0 Å². The Balaban J connectivity index is 2.02. The van der Waals surface area contributed by atoms with Crippen LogP contribution in [0.3, 0.4) is 0 Å². The van der Waals surface area contributed by atoms with Crippen LogP contribution >= 0.6 is 0 Å². The first-order chi connectivity index (χ1) is 9.60. The van der Waals surface area contributed by atoms with Crippen molar-refractivity contribution in [1.29, 1.82) is 0 Å². The maximum absolute atomic E-state index is 12.1. The van der Waals surface area contributed by atoms with Gasteiger partial charge in [0.1, 0.15) is 0 Å². The van der Waals surface area contributed by atoms with Gasteiger partial charge in [0.25, 0.3) is 5.91 Å². The number of aromatic nitrogens is 2. The molecule has 0 atom stereocenters. The van der Waals surface area contributed by atoms with E-state index in [9.17, 15) is 4.79 Å². The number of aryl methyl sites for hydroxylation is 2. The molecular formula is C15H18N4O. The number of amides is 1. The minimum Gasteiger partial charge on any atom is -0.348 e. The van der Waals surface area contributed by atoms with E-state index < -0.39 is 0 Å². The molecule has 0 aliphatic carbocycles. The van der Waals surface area contributed by atoms with Gasteiger partial charge < -0.3 is 11.1 Å². The third kappa shape index (κ3) is 3.39. The summed E-state index contributed by atoms with van der Waals surface area (Å²) in [6, 6.07) is 9.60. The Labute approximate surface area is 118 Å². The lowest BCUT2D eigenvalue weighted by Crippen LogP contribution is -2.24. The number of nitrogens with zero attached hydrogens (tertiary/aromatic N) is 2. The Bertz CT molecular complexity index is 608. The van der Waals surface area contributed by atoms with E-state index in [0.717, 1.165) is 16.8 Å². The molecule has 5 nitrogen and oxygen atoms in total. The van der Waals surface area contributed by atoms with E-state index in [2.05, 4.69) is 15.5 Å². The fourth-order valence-electron chi connectivity index (χ4n) is 1.85. The fraction of sp³-hybridized carbons (Fsp3) is 0.267. The number of nitrogens with one attached hydrogen (secondary N) is 1. The summed E-state index contributed by atoms with van der Waals surface area (Å²) < 4.78 is 0. The number of hydrogen-bond donors (Lipinski definition) is 2. The summed E-state index contributed by atoms with van der Waals surface area (Å²) in [7, 11) is 0. The topological polar surface area (TPSA) is 80.9 Å². The van der Waals surface area contributed by atoms with E-state index in [0.29, 0.717) is 24.3 Å². The van der Waals surface area contributed by atoms with Crippen molar-refractivity contribution in [2.24, 2.45) is 5.73 Å². The van der Waals surface area contributed by atoms with Crippen molar-refractivity contribution >= 4 is 5.91 Å². The second kappa shape index (κ2) is 6.25. The number of hydrogen-bond acceptors (Lipinski definition) is 4. The van der Waals surface area contributed by atoms with Crippen molar-refractivity contribution in [1.82, 2.24) is 15.5 Å². The van der Waals surface area contributed by atoms with Gasteiger partial charge in [0.15, 0.2) is 0 Å². The largest absolute Gasteiger partial charge is 0.348 e. The van der Waals surface area contributed by atoms with Gasteiger partial charge in [-0.1, -0.05) is 24.3 Å². The molecule has 0 aliphatic heterocycles. The van der Waals surface area contributed by atoms with Crippen molar-refractivity contribution < 1.29 is 4.79 Å². The maximum Gasteiger partial charge on any atom is 0.253 e. The first kappa shape index (κ1) is 14.1. The van der Waals surface area contributed by atoms with Crippen LogP contribution in [0.2, 0.25) is 0 Å². The molecule has 0 aliphatic rings. The van der Waals surface area contributed by atoms with Crippen LogP contribution in [0.5, 0.6) is 0 Å². The predicted molar refractivity (Wildman–Crippen MR) is 77.0 cm³/mol. The van der Waals surface area contributed by atoms with E-state index >= 15 is 0 Å². The van der Waals surface area contributed by atoms with Crippen LogP contribution in [0.1, 0.15) is 32.9 Å². The Morgan fingerprint density at radius 2 is 1.80 bits per heavy atom. The van der Waals surface area contributed by atoms with Gasteiger partial charge in [-0.25, -0.2) is 0 Å². The van der Waals surface area contributed by atoms with Crippen molar-refractivity contribution in [3.05, 3.63) is 58.4 Å². The molecule has 0 unspecified atom stereocenters. The summed E-state index contributed by atoms with van der Waals surface area (Å²) in [5, 5.41) is 10.8. The lowest BCUT2D eigenvalue weighted by Gasteiger charge is -2.08. The van der Waals surface area contributed by atoms with Gasteiger partial charge in [-0.2, -0.15) is 10.2 Å². The average Bonchev–Trinajstić information content (AvgIpc) is 2.47. The van der Waals surface area contributed by atoms with Gasteiger partial charge in [0.05, 0.1) is 17.0 Å². The Morgan fingerprint density at radius 1 is 1.15 bits per heavy atom. The van der Waals surface area contributed by atoms with Crippen molar-refractivity contribution in [3.63, 3.8) is 0 Å². The summed E-state index contributed by atoms with van der Waals surface area (Å²) in [5.74, 6) is -0.136. The predicted octanol–water partition coefficient (Wildman–Crippen LogP) is 1.48. The van der Waals surface area contributed by atoms with Crippen LogP contribution in [0.4, 0.5) is 0 Å². The minimum atomic E-state index is -0.136. The lowest BCUT2D eigenvalue weighted by molar-refractivity contribution is 0.0949. The third-order valence-electron chi connectivity index (χ3n) is 3.06. The molecule has 0 bridgehead atoms. The molecule has 0 radical (unpaired) electrons. The number of rotatable bonds is 4. The van der Waals surface area contributed by atoms with E-state index in [1.807, 2.05) is 31.2 Å². The summed E-state index contributed by atoms with van der Waals surface area (Å²) in [4.78, 5) is 12.1. The number of carbonyl (C=O) groups is 1. The third-order valence-corrected chi connectivity index (χ3v) is 3.06. The van der Waals surface area contributed by atoms with E-state index in [4.69, 9.17) is 5.73 Å². The molecule has 2 aromatic rings. The summed E-state index contributed by atoms with van der Waals surface area (Å²) >= 11 is 0. The highest BCUT2D eigenvalue weighted by atomic mass is 16.1. The zero-order valence-electron chi connectivity index (χ0n) is 11.7. The summed E-state index contributed by atoms with van der Waals surface area (Å²) in [6.07, 6.45) is 0. The summed E-state index contributed by atoms with van der Waals surface area (Å²) in [5.41, 5.74) is 9.58. The quantitative estimate of drug-likeness (QED) is 0.881. The molecule has 0 saturated heterocycles. The zero-order chi connectivity index (χ0) is 14.5. The van der Waals surface area contributed by atoms with Crippen LogP contribution in [0.25, 0.3) is 0 Å². The molecular weight excluding hydrogens is 252 g/mol. The molecule has 1 heterocycles. The molecule has 1 aromatic heterocycles. The van der Waals surface area contributed by atoms with Gasteiger partial charge in [0, 0.05) is 13.1 Å². The normalized spacial score (nSPS) is 10.3. The highest BCUT2D eigenvalue weighted by Crippen LogP contribution is 2.07. The zero-order valence-corrected chi connectivity index (χ0v) is 11.7. The number of carbonyl (C=O) groups excluding carboxylic acids is 1. The van der Waals surface area contributed by atoms with Gasteiger partial charge >= 0.3 is 0 Å². The number of nitrogens with two attached hydrogens (primary N) is 1. The first-order valence-corrected chi connectivity index (χ1v) is 6.47. The fourth-order valence-corrected chi connectivity index (χ4v) is 1.85. The molecule has 0 spiro atoms. The van der Waals surface area contributed by atoms with Crippen LogP contribution in [0, 0.1) is 13.8 Å². The molecule has 5 heteroatoms. The molecule has 20 heavy (non-hydrogen) atoms. The van der Waals surface area contributed by atoms with Gasteiger partial charge in [0.2, 0.25) is 0 Å². The number of benzene rings is 1. The van der Waals surface area contributed by atoms with Crippen molar-refractivity contribution in [3.8, 4) is 0 Å². The molecule has 0 saturated carbocycles.